The van der Waals surface area contributed by atoms with Crippen LogP contribution in [0.4, 0.5) is 10.5 Å². The fourth-order valence-corrected chi connectivity index (χ4v) is 3.42. The number of carbonyl (C=O) groups is 3. The summed E-state index contributed by atoms with van der Waals surface area (Å²) in [4.78, 5) is 38.9. The molecule has 1 fully saturated rings. The molecule has 2 N–H and O–H groups in total. The second-order valence-electron chi connectivity index (χ2n) is 6.34. The number of ether oxygens (including phenoxy) is 1. The van der Waals surface area contributed by atoms with Crippen LogP contribution in [0.1, 0.15) is 18.9 Å². The molecular formula is C20H20ClN3O4. The number of urea groups is 1. The van der Waals surface area contributed by atoms with Crippen LogP contribution in [-0.2, 0) is 15.1 Å². The molecule has 28 heavy (non-hydrogen) atoms. The molecule has 0 radical (unpaired) electrons. The van der Waals surface area contributed by atoms with Gasteiger partial charge in [0.2, 0.25) is 5.91 Å². The van der Waals surface area contributed by atoms with Crippen LogP contribution in [0, 0.1) is 0 Å². The number of amides is 4. The fraction of sp³-hybridized carbons (Fsp3) is 0.250. The van der Waals surface area contributed by atoms with Gasteiger partial charge in [0.1, 0.15) is 17.8 Å². The number of carbonyl (C=O) groups excluding carboxylic acids is 3. The third kappa shape index (κ3) is 3.53. The molecule has 1 aliphatic heterocycles. The van der Waals surface area contributed by atoms with E-state index in [0.717, 1.165) is 4.90 Å². The molecule has 0 unspecified atom stereocenters. The lowest BCUT2D eigenvalue weighted by Gasteiger charge is -2.25. The van der Waals surface area contributed by atoms with Crippen molar-refractivity contribution in [3.05, 3.63) is 59.1 Å². The average molecular weight is 402 g/mol. The Morgan fingerprint density at radius 3 is 2.57 bits per heavy atom. The number of methoxy groups -OCH3 is 1. The van der Waals surface area contributed by atoms with Crippen molar-refractivity contribution in [1.29, 1.82) is 0 Å². The molecular weight excluding hydrogens is 382 g/mol. The first-order valence-corrected chi connectivity index (χ1v) is 9.12. The highest BCUT2D eigenvalue weighted by Gasteiger charge is 2.51. The van der Waals surface area contributed by atoms with Crippen molar-refractivity contribution in [2.45, 2.75) is 18.9 Å². The molecule has 0 spiro atoms. The van der Waals surface area contributed by atoms with E-state index >= 15 is 0 Å². The maximum atomic E-state index is 13.1. The second-order valence-corrected chi connectivity index (χ2v) is 6.78. The first-order valence-electron chi connectivity index (χ1n) is 8.74. The van der Waals surface area contributed by atoms with Crippen molar-refractivity contribution in [3.63, 3.8) is 0 Å². The first-order chi connectivity index (χ1) is 13.4. The van der Waals surface area contributed by atoms with Crippen LogP contribution in [0.2, 0.25) is 5.02 Å². The van der Waals surface area contributed by atoms with Crippen LogP contribution in [0.15, 0.2) is 48.5 Å². The van der Waals surface area contributed by atoms with Gasteiger partial charge in [-0.05, 0) is 30.2 Å². The summed E-state index contributed by atoms with van der Waals surface area (Å²) < 4.78 is 5.19. The summed E-state index contributed by atoms with van der Waals surface area (Å²) in [7, 11) is 1.46. The Morgan fingerprint density at radius 2 is 1.93 bits per heavy atom. The van der Waals surface area contributed by atoms with Crippen LogP contribution in [0.5, 0.6) is 5.75 Å². The lowest BCUT2D eigenvalue weighted by Crippen LogP contribution is -2.44. The van der Waals surface area contributed by atoms with E-state index in [2.05, 4.69) is 10.6 Å². The molecule has 1 saturated heterocycles. The standard InChI is InChI=1S/C20H20ClN3O4/c1-3-20(13-7-5-4-6-8-13)18(26)24(19(27)23-20)12-17(25)22-15-11-14(21)9-10-16(15)28-2/h4-11H,3,12H2,1-2H3,(H,22,25)(H,23,27)/t20-/m0/s1. The van der Waals surface area contributed by atoms with Gasteiger partial charge in [0.25, 0.3) is 5.91 Å². The summed E-state index contributed by atoms with van der Waals surface area (Å²) in [5.74, 6) is -0.578. The van der Waals surface area contributed by atoms with Crippen molar-refractivity contribution in [2.24, 2.45) is 0 Å². The van der Waals surface area contributed by atoms with Gasteiger partial charge in [0.15, 0.2) is 0 Å². The van der Waals surface area contributed by atoms with E-state index in [0.29, 0.717) is 28.4 Å². The second kappa shape index (κ2) is 7.90. The Morgan fingerprint density at radius 1 is 1.21 bits per heavy atom. The summed E-state index contributed by atoms with van der Waals surface area (Å²) in [6.45, 7) is 1.39. The van der Waals surface area contributed by atoms with Gasteiger partial charge in [-0.3, -0.25) is 14.5 Å². The molecule has 2 aromatic rings. The van der Waals surface area contributed by atoms with Gasteiger partial charge in [-0.1, -0.05) is 48.9 Å². The van der Waals surface area contributed by atoms with E-state index in [1.165, 1.54) is 13.2 Å². The topological polar surface area (TPSA) is 87.7 Å². The van der Waals surface area contributed by atoms with Gasteiger partial charge in [-0.25, -0.2) is 4.79 Å². The molecule has 4 amide bonds. The van der Waals surface area contributed by atoms with Gasteiger partial charge < -0.3 is 15.4 Å². The van der Waals surface area contributed by atoms with E-state index in [1.54, 1.807) is 36.4 Å². The smallest absolute Gasteiger partial charge is 0.325 e. The Labute approximate surface area is 167 Å². The Bertz CT molecular complexity index is 919. The zero-order valence-corrected chi connectivity index (χ0v) is 16.2. The quantitative estimate of drug-likeness (QED) is 0.728. The summed E-state index contributed by atoms with van der Waals surface area (Å²) in [5, 5.41) is 5.80. The highest BCUT2D eigenvalue weighted by Crippen LogP contribution is 2.32. The van der Waals surface area contributed by atoms with Crippen molar-refractivity contribution < 1.29 is 19.1 Å². The lowest BCUT2D eigenvalue weighted by atomic mass is 9.87. The van der Waals surface area contributed by atoms with Crippen LogP contribution < -0.4 is 15.4 Å². The monoisotopic (exact) mass is 401 g/mol. The van der Waals surface area contributed by atoms with Gasteiger partial charge >= 0.3 is 6.03 Å². The van der Waals surface area contributed by atoms with Crippen molar-refractivity contribution in [3.8, 4) is 5.75 Å². The van der Waals surface area contributed by atoms with Crippen molar-refractivity contribution >= 4 is 35.1 Å². The Balaban J connectivity index is 1.79. The molecule has 0 saturated carbocycles. The number of nitrogens with zero attached hydrogens (tertiary/aromatic N) is 1. The summed E-state index contributed by atoms with van der Waals surface area (Å²) in [6.07, 6.45) is 0.363. The molecule has 7 nitrogen and oxygen atoms in total. The van der Waals surface area contributed by atoms with E-state index in [-0.39, 0.29) is 0 Å². The van der Waals surface area contributed by atoms with Gasteiger partial charge in [0, 0.05) is 5.02 Å². The number of rotatable bonds is 6. The fourth-order valence-electron chi connectivity index (χ4n) is 3.24. The van der Waals surface area contributed by atoms with Crippen LogP contribution in [0.25, 0.3) is 0 Å². The largest absolute Gasteiger partial charge is 0.495 e. The molecule has 0 bridgehead atoms. The highest BCUT2D eigenvalue weighted by atomic mass is 35.5. The van der Waals surface area contributed by atoms with E-state index in [4.69, 9.17) is 16.3 Å². The van der Waals surface area contributed by atoms with Crippen molar-refractivity contribution in [2.75, 3.05) is 19.0 Å². The Hall–Kier alpha value is -3.06. The van der Waals surface area contributed by atoms with Crippen molar-refractivity contribution in [1.82, 2.24) is 10.2 Å². The minimum atomic E-state index is -1.17. The number of benzene rings is 2. The lowest BCUT2D eigenvalue weighted by molar-refractivity contribution is -0.134. The van der Waals surface area contributed by atoms with Gasteiger partial charge in [-0.15, -0.1) is 0 Å². The summed E-state index contributed by atoms with van der Waals surface area (Å²) >= 11 is 5.96. The zero-order valence-electron chi connectivity index (χ0n) is 15.5. The Kier molecular flexibility index (Phi) is 5.56. The molecule has 3 rings (SSSR count). The summed E-state index contributed by atoms with van der Waals surface area (Å²) in [5.41, 5.74) is -0.140. The minimum absolute atomic E-state index is 0.358. The van der Waals surface area contributed by atoms with Gasteiger partial charge in [-0.2, -0.15) is 0 Å². The van der Waals surface area contributed by atoms with Gasteiger partial charge in [0.05, 0.1) is 12.8 Å². The molecule has 146 valence electrons. The predicted molar refractivity (Wildman–Crippen MR) is 105 cm³/mol. The number of nitrogens with one attached hydrogen (secondary N) is 2. The summed E-state index contributed by atoms with van der Waals surface area (Å²) in [6, 6.07) is 13.2. The predicted octanol–water partition coefficient (Wildman–Crippen LogP) is 3.14. The van der Waals surface area contributed by atoms with E-state index < -0.39 is 29.9 Å². The molecule has 0 aromatic heterocycles. The molecule has 2 aromatic carbocycles. The number of hydrogen-bond donors (Lipinski definition) is 2. The third-order valence-corrected chi connectivity index (χ3v) is 4.95. The first kappa shape index (κ1) is 19.7. The zero-order chi connectivity index (χ0) is 20.3. The highest BCUT2D eigenvalue weighted by molar-refractivity contribution is 6.31. The third-order valence-electron chi connectivity index (χ3n) is 4.71. The molecule has 1 heterocycles. The van der Waals surface area contributed by atoms with E-state index in [9.17, 15) is 14.4 Å². The molecule has 0 aliphatic carbocycles. The number of anilines is 1. The van der Waals surface area contributed by atoms with Crippen LogP contribution in [-0.4, -0.2) is 36.4 Å². The normalized spacial score (nSPS) is 18.8. The number of imide groups is 1. The van der Waals surface area contributed by atoms with Crippen LogP contribution in [0.3, 0.4) is 0 Å². The average Bonchev–Trinajstić information content (AvgIpc) is 2.94. The number of hydrogen-bond acceptors (Lipinski definition) is 4. The van der Waals surface area contributed by atoms with E-state index in [1.807, 2.05) is 13.0 Å². The molecule has 8 heteroatoms. The molecule has 1 aliphatic rings. The molecule has 1 atom stereocenters. The maximum Gasteiger partial charge on any atom is 0.325 e. The van der Waals surface area contributed by atoms with Crippen LogP contribution >= 0.6 is 11.6 Å². The minimum Gasteiger partial charge on any atom is -0.495 e. The SMILES string of the molecule is CC[C@@]1(c2ccccc2)NC(=O)N(CC(=O)Nc2cc(Cl)ccc2OC)C1=O. The maximum absolute atomic E-state index is 13.1. The number of halogens is 1.